The van der Waals surface area contributed by atoms with Crippen molar-refractivity contribution >= 4 is 24.1 Å². The Bertz CT molecular complexity index is 674. The third-order valence-electron chi connectivity index (χ3n) is 6.01. The zero-order valence-corrected chi connectivity index (χ0v) is 16.5. The van der Waals surface area contributed by atoms with Gasteiger partial charge in [0.1, 0.15) is 0 Å². The van der Waals surface area contributed by atoms with Crippen molar-refractivity contribution in [3.63, 3.8) is 0 Å². The third kappa shape index (κ3) is 3.89. The van der Waals surface area contributed by atoms with E-state index in [4.69, 9.17) is 14.0 Å². The lowest BCUT2D eigenvalue weighted by atomic mass is 9.78. The molecule has 0 bridgehead atoms. The molecule has 1 aliphatic carbocycles. The first kappa shape index (κ1) is 19.2. The Hall–Kier alpha value is -1.59. The second-order valence-corrected chi connectivity index (χ2v) is 8.36. The van der Waals surface area contributed by atoms with E-state index in [1.54, 1.807) is 0 Å². The third-order valence-corrected chi connectivity index (χ3v) is 6.01. The van der Waals surface area contributed by atoms with E-state index < -0.39 is 0 Å². The van der Waals surface area contributed by atoms with E-state index in [1.165, 1.54) is 18.2 Å². The molecule has 0 spiro atoms. The van der Waals surface area contributed by atoms with Gasteiger partial charge in [-0.25, -0.2) is 0 Å². The largest absolute Gasteiger partial charge is 0.494 e. The van der Waals surface area contributed by atoms with Gasteiger partial charge < -0.3 is 14.0 Å². The SMILES string of the molecule is COC(=O)CC1CC=C(c2ccc(B3OC(C)(C)C(C)(C)O3)cc2)CC1. The van der Waals surface area contributed by atoms with E-state index >= 15 is 0 Å². The van der Waals surface area contributed by atoms with Crippen LogP contribution in [-0.4, -0.2) is 31.4 Å². The second-order valence-electron chi connectivity index (χ2n) is 8.36. The van der Waals surface area contributed by atoms with Crippen molar-refractivity contribution in [1.82, 2.24) is 0 Å². The highest BCUT2D eigenvalue weighted by molar-refractivity contribution is 6.62. The molecule has 1 aromatic carbocycles. The number of hydrogen-bond donors (Lipinski definition) is 0. The summed E-state index contributed by atoms with van der Waals surface area (Å²) < 4.78 is 17.0. The molecule has 0 radical (unpaired) electrons. The highest BCUT2D eigenvalue weighted by Gasteiger charge is 2.51. The van der Waals surface area contributed by atoms with Gasteiger partial charge in [0, 0.05) is 6.42 Å². The van der Waals surface area contributed by atoms with E-state index in [-0.39, 0.29) is 24.3 Å². The average molecular weight is 356 g/mol. The Morgan fingerprint density at radius 1 is 1.15 bits per heavy atom. The number of hydrogen-bond acceptors (Lipinski definition) is 4. The van der Waals surface area contributed by atoms with E-state index in [2.05, 4.69) is 58.0 Å². The number of carbonyl (C=O) groups is 1. The van der Waals surface area contributed by atoms with Crippen LogP contribution in [0.15, 0.2) is 30.3 Å². The fourth-order valence-electron chi connectivity index (χ4n) is 3.49. The van der Waals surface area contributed by atoms with Crippen molar-refractivity contribution in [1.29, 1.82) is 0 Å². The van der Waals surface area contributed by atoms with E-state index in [1.807, 2.05) is 0 Å². The van der Waals surface area contributed by atoms with Crippen LogP contribution in [0, 0.1) is 5.92 Å². The quantitative estimate of drug-likeness (QED) is 0.609. The Balaban J connectivity index is 1.65. The summed E-state index contributed by atoms with van der Waals surface area (Å²) in [6.07, 6.45) is 5.74. The van der Waals surface area contributed by atoms with Crippen LogP contribution < -0.4 is 5.46 Å². The van der Waals surface area contributed by atoms with Crippen LogP contribution in [0.1, 0.15) is 58.9 Å². The van der Waals surface area contributed by atoms with Gasteiger partial charge in [0.15, 0.2) is 0 Å². The lowest BCUT2D eigenvalue weighted by molar-refractivity contribution is -0.141. The molecule has 1 atom stereocenters. The van der Waals surface area contributed by atoms with Crippen molar-refractivity contribution in [3.8, 4) is 0 Å². The first-order valence-corrected chi connectivity index (χ1v) is 9.43. The predicted octanol–water partition coefficient (Wildman–Crippen LogP) is 3.73. The number of methoxy groups -OCH3 is 1. The minimum absolute atomic E-state index is 0.112. The number of allylic oxidation sites excluding steroid dienone is 2. The molecule has 1 aliphatic heterocycles. The number of rotatable bonds is 4. The van der Waals surface area contributed by atoms with Crippen LogP contribution in [0.3, 0.4) is 0 Å². The highest BCUT2D eigenvalue weighted by atomic mass is 16.7. The topological polar surface area (TPSA) is 44.8 Å². The van der Waals surface area contributed by atoms with E-state index in [9.17, 15) is 4.79 Å². The molecule has 0 aromatic heterocycles. The first-order valence-electron chi connectivity index (χ1n) is 9.43. The molecular formula is C21H29BO4. The van der Waals surface area contributed by atoms with Crippen LogP contribution in [0.4, 0.5) is 0 Å². The monoisotopic (exact) mass is 356 g/mol. The molecule has 3 rings (SSSR count). The van der Waals surface area contributed by atoms with Gasteiger partial charge >= 0.3 is 13.1 Å². The lowest BCUT2D eigenvalue weighted by Crippen LogP contribution is -2.41. The fourth-order valence-corrected chi connectivity index (χ4v) is 3.49. The van der Waals surface area contributed by atoms with Gasteiger partial charge in [0.05, 0.1) is 18.3 Å². The summed E-state index contributed by atoms with van der Waals surface area (Å²) in [6.45, 7) is 8.27. The summed E-state index contributed by atoms with van der Waals surface area (Å²) in [5, 5.41) is 0. The maximum absolute atomic E-state index is 11.4. The number of esters is 1. The minimum Gasteiger partial charge on any atom is -0.469 e. The molecule has 1 aromatic rings. The van der Waals surface area contributed by atoms with Crippen LogP contribution in [0.2, 0.25) is 0 Å². The van der Waals surface area contributed by atoms with Gasteiger partial charge in [0.2, 0.25) is 0 Å². The van der Waals surface area contributed by atoms with Crippen molar-refractivity contribution in [2.75, 3.05) is 7.11 Å². The standard InChI is InChI=1S/C21H29BO4/c1-20(2)21(3,4)26-22(25-20)18-12-10-17(11-13-18)16-8-6-15(7-9-16)14-19(23)24-5/h8,10-13,15H,6-7,9,14H2,1-5H3. The molecule has 26 heavy (non-hydrogen) atoms. The van der Waals surface area contributed by atoms with Crippen LogP contribution in [0.5, 0.6) is 0 Å². The predicted molar refractivity (Wildman–Crippen MR) is 104 cm³/mol. The minimum atomic E-state index is -0.323. The van der Waals surface area contributed by atoms with E-state index in [0.29, 0.717) is 12.3 Å². The Morgan fingerprint density at radius 3 is 2.27 bits per heavy atom. The Morgan fingerprint density at radius 2 is 1.77 bits per heavy atom. The van der Waals surface area contributed by atoms with Crippen molar-refractivity contribution in [2.45, 2.75) is 64.6 Å². The molecule has 1 heterocycles. The maximum Gasteiger partial charge on any atom is 0.494 e. The van der Waals surface area contributed by atoms with Gasteiger partial charge in [-0.3, -0.25) is 4.79 Å². The first-order chi connectivity index (χ1) is 12.2. The smallest absolute Gasteiger partial charge is 0.469 e. The van der Waals surface area contributed by atoms with Gasteiger partial charge in [-0.05, 0) is 69.5 Å². The zero-order chi connectivity index (χ0) is 18.9. The molecule has 0 saturated carbocycles. The van der Waals surface area contributed by atoms with Crippen molar-refractivity contribution in [2.24, 2.45) is 5.92 Å². The summed E-state index contributed by atoms with van der Waals surface area (Å²) >= 11 is 0. The summed E-state index contributed by atoms with van der Waals surface area (Å²) in [5.41, 5.74) is 2.99. The van der Waals surface area contributed by atoms with Crippen molar-refractivity contribution in [3.05, 3.63) is 35.9 Å². The molecule has 0 N–H and O–H groups in total. The summed E-state index contributed by atoms with van der Waals surface area (Å²) in [7, 11) is 1.13. The normalized spacial score (nSPS) is 24.3. The molecule has 1 unspecified atom stereocenters. The highest BCUT2D eigenvalue weighted by Crippen LogP contribution is 2.37. The number of benzene rings is 1. The van der Waals surface area contributed by atoms with Crippen LogP contribution >= 0.6 is 0 Å². The van der Waals surface area contributed by atoms with E-state index in [0.717, 1.165) is 24.7 Å². The van der Waals surface area contributed by atoms with Crippen LogP contribution in [-0.2, 0) is 18.8 Å². The Labute approximate surface area is 157 Å². The molecule has 1 fully saturated rings. The lowest BCUT2D eigenvalue weighted by Gasteiger charge is -2.32. The molecule has 2 aliphatic rings. The van der Waals surface area contributed by atoms with Gasteiger partial charge in [-0.15, -0.1) is 0 Å². The number of ether oxygens (including phenoxy) is 1. The fraction of sp³-hybridized carbons (Fsp3) is 0.571. The molecule has 5 heteroatoms. The molecule has 4 nitrogen and oxygen atoms in total. The summed E-state index contributed by atoms with van der Waals surface area (Å²) in [5.74, 6) is 0.286. The van der Waals surface area contributed by atoms with Gasteiger partial charge in [0.25, 0.3) is 0 Å². The molecule has 140 valence electrons. The van der Waals surface area contributed by atoms with Crippen LogP contribution in [0.25, 0.3) is 5.57 Å². The molecular weight excluding hydrogens is 327 g/mol. The van der Waals surface area contributed by atoms with Gasteiger partial charge in [-0.2, -0.15) is 0 Å². The zero-order valence-electron chi connectivity index (χ0n) is 16.5. The second kappa shape index (κ2) is 7.20. The summed E-state index contributed by atoms with van der Waals surface area (Å²) in [4.78, 5) is 11.4. The molecule has 0 amide bonds. The average Bonchev–Trinajstić information content (AvgIpc) is 2.83. The maximum atomic E-state index is 11.4. The number of carbonyl (C=O) groups excluding carboxylic acids is 1. The Kier molecular flexibility index (Phi) is 5.31. The summed E-state index contributed by atoms with van der Waals surface area (Å²) in [6, 6.07) is 8.48. The van der Waals surface area contributed by atoms with Gasteiger partial charge in [-0.1, -0.05) is 30.3 Å². The van der Waals surface area contributed by atoms with Crippen molar-refractivity contribution < 1.29 is 18.8 Å². The molecule has 1 saturated heterocycles.